The summed E-state index contributed by atoms with van der Waals surface area (Å²) in [6.45, 7) is 2.79. The zero-order chi connectivity index (χ0) is 16.2. The quantitative estimate of drug-likeness (QED) is 0.639. The van der Waals surface area contributed by atoms with Crippen LogP contribution < -0.4 is 15.5 Å². The van der Waals surface area contributed by atoms with Gasteiger partial charge in [0, 0.05) is 16.3 Å². The Morgan fingerprint density at radius 2 is 1.96 bits per heavy atom. The summed E-state index contributed by atoms with van der Waals surface area (Å²) in [7, 11) is 0. The molecule has 0 radical (unpaired) electrons. The number of thiocarbonyl (C=S) groups is 1. The maximum absolute atomic E-state index is 5.46. The van der Waals surface area contributed by atoms with E-state index < -0.39 is 0 Å². The van der Waals surface area contributed by atoms with Gasteiger partial charge in [0.05, 0.1) is 17.6 Å². The molecular formula is C18H17N3S2. The summed E-state index contributed by atoms with van der Waals surface area (Å²) in [6, 6.07) is 16.1. The van der Waals surface area contributed by atoms with E-state index in [1.165, 1.54) is 10.6 Å². The molecule has 0 saturated heterocycles. The number of hydrogen-bond donors (Lipinski definition) is 2. The number of benzene rings is 2. The van der Waals surface area contributed by atoms with Crippen LogP contribution in [0.25, 0.3) is 0 Å². The van der Waals surface area contributed by atoms with Crippen LogP contribution in [0.1, 0.15) is 6.92 Å². The number of rotatable bonds is 3. The van der Waals surface area contributed by atoms with Crippen LogP contribution in [0.15, 0.2) is 53.4 Å². The molecule has 0 spiro atoms. The van der Waals surface area contributed by atoms with Gasteiger partial charge in [0.15, 0.2) is 5.11 Å². The van der Waals surface area contributed by atoms with Gasteiger partial charge < -0.3 is 15.5 Å². The van der Waals surface area contributed by atoms with E-state index in [1.54, 1.807) is 0 Å². The molecule has 0 bridgehead atoms. The number of thioether (sulfide) groups is 1. The second-order valence-corrected chi connectivity index (χ2v) is 6.94. The molecule has 3 rings (SSSR count). The molecule has 23 heavy (non-hydrogen) atoms. The van der Waals surface area contributed by atoms with E-state index in [4.69, 9.17) is 18.6 Å². The van der Waals surface area contributed by atoms with Crippen LogP contribution >= 0.6 is 24.0 Å². The van der Waals surface area contributed by atoms with Crippen molar-refractivity contribution in [1.29, 1.82) is 0 Å². The van der Waals surface area contributed by atoms with E-state index in [2.05, 4.69) is 40.5 Å². The van der Waals surface area contributed by atoms with Crippen LogP contribution in [0.4, 0.5) is 17.1 Å². The van der Waals surface area contributed by atoms with Gasteiger partial charge in [0.25, 0.3) is 0 Å². The molecule has 1 atom stereocenters. The van der Waals surface area contributed by atoms with Gasteiger partial charge in [0.1, 0.15) is 0 Å². The van der Waals surface area contributed by atoms with Gasteiger partial charge in [-0.05, 0) is 49.5 Å². The first-order valence-corrected chi connectivity index (χ1v) is 8.60. The molecule has 0 aromatic heterocycles. The zero-order valence-electron chi connectivity index (χ0n) is 12.7. The van der Waals surface area contributed by atoms with Gasteiger partial charge in [-0.25, -0.2) is 0 Å². The molecule has 0 amide bonds. The van der Waals surface area contributed by atoms with Gasteiger partial charge in [-0.15, -0.1) is 6.42 Å². The number of anilines is 3. The third kappa shape index (κ3) is 3.61. The van der Waals surface area contributed by atoms with E-state index in [0.717, 1.165) is 11.4 Å². The van der Waals surface area contributed by atoms with Crippen molar-refractivity contribution in [2.24, 2.45) is 0 Å². The molecule has 2 N–H and O–H groups in total. The van der Waals surface area contributed by atoms with Crippen molar-refractivity contribution in [2.45, 2.75) is 17.2 Å². The molecule has 0 saturated carbocycles. The van der Waals surface area contributed by atoms with Gasteiger partial charge in [-0.2, -0.15) is 0 Å². The molecule has 3 nitrogen and oxygen atoms in total. The van der Waals surface area contributed by atoms with Gasteiger partial charge in [-0.1, -0.05) is 35.9 Å². The number of terminal acetylenes is 1. The van der Waals surface area contributed by atoms with Crippen molar-refractivity contribution in [3.05, 3.63) is 48.5 Å². The lowest BCUT2D eigenvalue weighted by molar-refractivity contribution is 0.879. The SMILES string of the molecule is C#CCN1c2ccc(NC(=S)Nc3ccccc3)cc2SC1C. The Kier molecular flexibility index (Phi) is 4.75. The minimum Gasteiger partial charge on any atom is -0.347 e. The van der Waals surface area contributed by atoms with Crippen LogP contribution in [-0.2, 0) is 0 Å². The number of hydrogen-bond acceptors (Lipinski definition) is 3. The molecule has 1 aliphatic rings. The zero-order valence-corrected chi connectivity index (χ0v) is 14.4. The van der Waals surface area contributed by atoms with Crippen molar-refractivity contribution in [2.75, 3.05) is 22.1 Å². The minimum absolute atomic E-state index is 0.352. The lowest BCUT2D eigenvalue weighted by Gasteiger charge is -2.20. The van der Waals surface area contributed by atoms with Crippen molar-refractivity contribution in [1.82, 2.24) is 0 Å². The maximum atomic E-state index is 5.46. The van der Waals surface area contributed by atoms with Gasteiger partial charge in [0.2, 0.25) is 0 Å². The second kappa shape index (κ2) is 6.95. The first kappa shape index (κ1) is 15.7. The van der Waals surface area contributed by atoms with Crippen molar-refractivity contribution in [3.63, 3.8) is 0 Å². The first-order valence-electron chi connectivity index (χ1n) is 7.31. The van der Waals surface area contributed by atoms with E-state index in [1.807, 2.05) is 48.2 Å². The predicted octanol–water partition coefficient (Wildman–Crippen LogP) is 4.39. The molecule has 1 heterocycles. The highest BCUT2D eigenvalue weighted by Crippen LogP contribution is 2.44. The summed E-state index contributed by atoms with van der Waals surface area (Å²) in [5.74, 6) is 2.72. The minimum atomic E-state index is 0.352. The summed E-state index contributed by atoms with van der Waals surface area (Å²) < 4.78 is 0. The Balaban J connectivity index is 1.70. The fourth-order valence-electron chi connectivity index (χ4n) is 2.49. The van der Waals surface area contributed by atoms with Gasteiger partial charge in [-0.3, -0.25) is 0 Å². The maximum Gasteiger partial charge on any atom is 0.175 e. The monoisotopic (exact) mass is 339 g/mol. The summed E-state index contributed by atoms with van der Waals surface area (Å²) in [4.78, 5) is 3.45. The predicted molar refractivity (Wildman–Crippen MR) is 104 cm³/mol. The van der Waals surface area contributed by atoms with Crippen molar-refractivity contribution < 1.29 is 0 Å². The Morgan fingerprint density at radius 3 is 2.70 bits per heavy atom. The smallest absolute Gasteiger partial charge is 0.175 e. The topological polar surface area (TPSA) is 27.3 Å². The van der Waals surface area contributed by atoms with E-state index in [9.17, 15) is 0 Å². The molecule has 0 aliphatic carbocycles. The van der Waals surface area contributed by atoms with Crippen LogP contribution in [0.3, 0.4) is 0 Å². The fourth-order valence-corrected chi connectivity index (χ4v) is 3.91. The molecule has 0 fully saturated rings. The third-order valence-electron chi connectivity index (χ3n) is 3.56. The lowest BCUT2D eigenvalue weighted by Crippen LogP contribution is -2.26. The van der Waals surface area contributed by atoms with E-state index >= 15 is 0 Å². The highest BCUT2D eigenvalue weighted by Gasteiger charge is 2.26. The first-order chi connectivity index (χ1) is 11.2. The normalized spacial score (nSPS) is 15.7. The van der Waals surface area contributed by atoms with E-state index in [0.29, 0.717) is 17.0 Å². The summed E-state index contributed by atoms with van der Waals surface area (Å²) in [5.41, 5.74) is 3.13. The Labute approximate surface area is 146 Å². The molecule has 1 aliphatic heterocycles. The highest BCUT2D eigenvalue weighted by molar-refractivity contribution is 8.00. The fraction of sp³-hybridized carbons (Fsp3) is 0.167. The number of nitrogens with zero attached hydrogens (tertiary/aromatic N) is 1. The lowest BCUT2D eigenvalue weighted by atomic mass is 10.2. The molecule has 2 aromatic rings. The summed E-state index contributed by atoms with van der Waals surface area (Å²) in [5, 5.41) is 7.33. The number of nitrogens with one attached hydrogen (secondary N) is 2. The molecule has 116 valence electrons. The van der Waals surface area contributed by atoms with Gasteiger partial charge >= 0.3 is 0 Å². The molecular weight excluding hydrogens is 322 g/mol. The largest absolute Gasteiger partial charge is 0.347 e. The van der Waals surface area contributed by atoms with Crippen LogP contribution in [0, 0.1) is 12.3 Å². The van der Waals surface area contributed by atoms with Crippen LogP contribution in [0.2, 0.25) is 0 Å². The van der Waals surface area contributed by atoms with Crippen LogP contribution in [0.5, 0.6) is 0 Å². The Hall–Kier alpha value is -2.16. The second-order valence-electron chi connectivity index (χ2n) is 5.18. The third-order valence-corrected chi connectivity index (χ3v) is 4.94. The molecule has 5 heteroatoms. The molecule has 2 aromatic carbocycles. The average Bonchev–Trinajstić information content (AvgIpc) is 2.84. The molecule has 1 unspecified atom stereocenters. The van der Waals surface area contributed by atoms with Crippen LogP contribution in [-0.4, -0.2) is 17.0 Å². The highest BCUT2D eigenvalue weighted by atomic mass is 32.2. The number of fused-ring (bicyclic) bond motifs is 1. The summed E-state index contributed by atoms with van der Waals surface area (Å²) >= 11 is 7.18. The summed E-state index contributed by atoms with van der Waals surface area (Å²) in [6.07, 6.45) is 5.46. The van der Waals surface area contributed by atoms with E-state index in [-0.39, 0.29) is 0 Å². The Morgan fingerprint density at radius 1 is 1.22 bits per heavy atom. The Bertz CT molecular complexity index is 753. The van der Waals surface area contributed by atoms with Crippen molar-refractivity contribution >= 4 is 46.2 Å². The van der Waals surface area contributed by atoms with Crippen molar-refractivity contribution in [3.8, 4) is 12.3 Å². The average molecular weight is 339 g/mol. The number of para-hydroxylation sites is 1. The standard InChI is InChI=1S/C18H17N3S2/c1-3-11-21-13(2)23-17-12-15(9-10-16(17)21)20-18(22)19-14-7-5-4-6-8-14/h1,4-10,12-13H,11H2,2H3,(H2,19,20,22).